The molecule has 0 unspecified atom stereocenters. The van der Waals surface area contributed by atoms with Crippen LogP contribution in [0.2, 0.25) is 0 Å². The van der Waals surface area contributed by atoms with Gasteiger partial charge in [0.1, 0.15) is 5.75 Å². The molecule has 0 atom stereocenters. The van der Waals surface area contributed by atoms with Crippen molar-refractivity contribution in [2.24, 2.45) is 0 Å². The van der Waals surface area contributed by atoms with E-state index in [4.69, 9.17) is 4.84 Å². The molecule has 4 nitrogen and oxygen atoms in total. The number of rotatable bonds is 4. The molecule has 0 heterocycles. The van der Waals surface area contributed by atoms with Gasteiger partial charge in [-0.3, -0.25) is 9.63 Å². The highest BCUT2D eigenvalue weighted by Gasteiger charge is 2.09. The number of hydrogen-bond acceptors (Lipinski definition) is 3. The molecular formula is C15H15NO3. The van der Waals surface area contributed by atoms with E-state index in [1.54, 1.807) is 13.0 Å². The van der Waals surface area contributed by atoms with Gasteiger partial charge in [0.2, 0.25) is 0 Å². The van der Waals surface area contributed by atoms with Crippen LogP contribution in [0.3, 0.4) is 0 Å². The van der Waals surface area contributed by atoms with Crippen molar-refractivity contribution in [2.45, 2.75) is 13.5 Å². The number of hydroxylamine groups is 1. The number of aryl methyl sites for hydroxylation is 1. The standard InChI is InChI=1S/C15H15NO3/c1-11-9-13(17)7-8-14(11)15(18)16-19-10-12-5-3-2-4-6-12/h2-9,17H,10H2,1H3,(H,16,18). The molecule has 0 bridgehead atoms. The number of amides is 1. The van der Waals surface area contributed by atoms with Crippen molar-refractivity contribution in [3.63, 3.8) is 0 Å². The van der Waals surface area contributed by atoms with Crippen LogP contribution in [-0.2, 0) is 11.4 Å². The minimum Gasteiger partial charge on any atom is -0.508 e. The molecule has 2 N–H and O–H groups in total. The molecule has 0 aliphatic heterocycles. The second kappa shape index (κ2) is 6.02. The zero-order chi connectivity index (χ0) is 13.7. The van der Waals surface area contributed by atoms with Gasteiger partial charge in [0.05, 0.1) is 6.61 Å². The predicted octanol–water partition coefficient (Wildman–Crippen LogP) is 2.56. The van der Waals surface area contributed by atoms with E-state index in [1.165, 1.54) is 12.1 Å². The summed E-state index contributed by atoms with van der Waals surface area (Å²) in [4.78, 5) is 17.0. The second-order valence-electron chi connectivity index (χ2n) is 4.20. The van der Waals surface area contributed by atoms with E-state index in [2.05, 4.69) is 5.48 Å². The minimum absolute atomic E-state index is 0.138. The Morgan fingerprint density at radius 2 is 1.95 bits per heavy atom. The molecule has 0 radical (unpaired) electrons. The summed E-state index contributed by atoms with van der Waals surface area (Å²) in [6, 6.07) is 14.1. The zero-order valence-corrected chi connectivity index (χ0v) is 10.6. The van der Waals surface area contributed by atoms with Crippen LogP contribution in [0, 0.1) is 6.92 Å². The van der Waals surface area contributed by atoms with Crippen molar-refractivity contribution in [1.82, 2.24) is 5.48 Å². The van der Waals surface area contributed by atoms with Crippen LogP contribution in [0.4, 0.5) is 0 Å². The van der Waals surface area contributed by atoms with Gasteiger partial charge < -0.3 is 5.11 Å². The third-order valence-electron chi connectivity index (χ3n) is 2.70. The normalized spacial score (nSPS) is 10.2. The fourth-order valence-corrected chi connectivity index (χ4v) is 1.72. The molecule has 0 aliphatic carbocycles. The van der Waals surface area contributed by atoms with Crippen LogP contribution in [0.5, 0.6) is 5.75 Å². The molecular weight excluding hydrogens is 242 g/mol. The Morgan fingerprint density at radius 3 is 2.63 bits per heavy atom. The van der Waals surface area contributed by atoms with Crippen LogP contribution in [0.1, 0.15) is 21.5 Å². The third kappa shape index (κ3) is 3.56. The van der Waals surface area contributed by atoms with Gasteiger partial charge >= 0.3 is 0 Å². The minimum atomic E-state index is -0.326. The molecule has 0 aromatic heterocycles. The van der Waals surface area contributed by atoms with Crippen LogP contribution >= 0.6 is 0 Å². The maximum atomic E-state index is 11.8. The quantitative estimate of drug-likeness (QED) is 0.828. The number of phenolic OH excluding ortho intramolecular Hbond substituents is 1. The van der Waals surface area contributed by atoms with Gasteiger partial charge in [-0.05, 0) is 36.2 Å². The van der Waals surface area contributed by atoms with E-state index in [9.17, 15) is 9.90 Å². The molecule has 2 aromatic rings. The van der Waals surface area contributed by atoms with Crippen molar-refractivity contribution in [3.8, 4) is 5.75 Å². The first kappa shape index (κ1) is 13.1. The van der Waals surface area contributed by atoms with Crippen molar-refractivity contribution in [2.75, 3.05) is 0 Å². The van der Waals surface area contributed by atoms with Gasteiger partial charge in [-0.1, -0.05) is 30.3 Å². The summed E-state index contributed by atoms with van der Waals surface area (Å²) < 4.78 is 0. The number of phenols is 1. The van der Waals surface area contributed by atoms with Crippen LogP contribution in [-0.4, -0.2) is 11.0 Å². The Bertz CT molecular complexity index is 567. The molecule has 0 spiro atoms. The first-order chi connectivity index (χ1) is 9.16. The van der Waals surface area contributed by atoms with E-state index < -0.39 is 0 Å². The number of aromatic hydroxyl groups is 1. The highest BCUT2D eigenvalue weighted by molar-refractivity contribution is 5.95. The van der Waals surface area contributed by atoms with Crippen molar-refractivity contribution < 1.29 is 14.7 Å². The lowest BCUT2D eigenvalue weighted by atomic mass is 10.1. The van der Waals surface area contributed by atoms with Crippen LogP contribution in [0.15, 0.2) is 48.5 Å². The largest absolute Gasteiger partial charge is 0.508 e. The van der Waals surface area contributed by atoms with Crippen molar-refractivity contribution in [1.29, 1.82) is 0 Å². The number of hydrogen-bond donors (Lipinski definition) is 2. The molecule has 0 saturated carbocycles. The molecule has 2 aromatic carbocycles. The smallest absolute Gasteiger partial charge is 0.275 e. The predicted molar refractivity (Wildman–Crippen MR) is 71.5 cm³/mol. The third-order valence-corrected chi connectivity index (χ3v) is 2.70. The van der Waals surface area contributed by atoms with E-state index >= 15 is 0 Å². The van der Waals surface area contributed by atoms with Gasteiger partial charge in [-0.25, -0.2) is 5.48 Å². The van der Waals surface area contributed by atoms with E-state index in [1.807, 2.05) is 30.3 Å². The fourth-order valence-electron chi connectivity index (χ4n) is 1.72. The lowest BCUT2D eigenvalue weighted by Gasteiger charge is -2.08. The lowest BCUT2D eigenvalue weighted by molar-refractivity contribution is 0.0233. The molecule has 1 amide bonds. The first-order valence-electron chi connectivity index (χ1n) is 5.92. The monoisotopic (exact) mass is 257 g/mol. The summed E-state index contributed by atoms with van der Waals surface area (Å²) in [5, 5.41) is 9.28. The van der Waals surface area contributed by atoms with Gasteiger partial charge in [-0.2, -0.15) is 0 Å². The highest BCUT2D eigenvalue weighted by atomic mass is 16.6. The van der Waals surface area contributed by atoms with Crippen molar-refractivity contribution in [3.05, 3.63) is 65.2 Å². The average Bonchev–Trinajstić information content (AvgIpc) is 2.39. The number of carbonyl (C=O) groups excluding carboxylic acids is 1. The van der Waals surface area contributed by atoms with Crippen LogP contribution < -0.4 is 5.48 Å². The SMILES string of the molecule is Cc1cc(O)ccc1C(=O)NOCc1ccccc1. The number of benzene rings is 2. The maximum Gasteiger partial charge on any atom is 0.275 e. The van der Waals surface area contributed by atoms with Crippen molar-refractivity contribution >= 4 is 5.91 Å². The fraction of sp³-hybridized carbons (Fsp3) is 0.133. The molecule has 98 valence electrons. The van der Waals surface area contributed by atoms with Gasteiger partial charge in [0, 0.05) is 5.56 Å². The summed E-state index contributed by atoms with van der Waals surface area (Å²) in [6.45, 7) is 2.07. The molecule has 0 saturated heterocycles. The summed E-state index contributed by atoms with van der Waals surface area (Å²) in [5.41, 5.74) is 4.54. The molecule has 2 rings (SSSR count). The molecule has 0 fully saturated rings. The Kier molecular flexibility index (Phi) is 4.15. The van der Waals surface area contributed by atoms with Gasteiger partial charge in [0.15, 0.2) is 0 Å². The Morgan fingerprint density at radius 1 is 1.21 bits per heavy atom. The van der Waals surface area contributed by atoms with E-state index in [0.29, 0.717) is 17.7 Å². The maximum absolute atomic E-state index is 11.8. The molecule has 4 heteroatoms. The Labute approximate surface area is 111 Å². The van der Waals surface area contributed by atoms with Crippen LogP contribution in [0.25, 0.3) is 0 Å². The Balaban J connectivity index is 1.91. The summed E-state index contributed by atoms with van der Waals surface area (Å²) in [5.74, 6) is -0.187. The van der Waals surface area contributed by atoms with Gasteiger partial charge in [-0.15, -0.1) is 0 Å². The number of carbonyl (C=O) groups is 1. The summed E-state index contributed by atoms with van der Waals surface area (Å²) in [6.07, 6.45) is 0. The molecule has 19 heavy (non-hydrogen) atoms. The highest BCUT2D eigenvalue weighted by Crippen LogP contribution is 2.15. The van der Waals surface area contributed by atoms with E-state index in [0.717, 1.165) is 5.56 Å². The summed E-state index contributed by atoms with van der Waals surface area (Å²) >= 11 is 0. The first-order valence-corrected chi connectivity index (χ1v) is 5.92. The zero-order valence-electron chi connectivity index (χ0n) is 10.6. The van der Waals surface area contributed by atoms with E-state index in [-0.39, 0.29) is 11.7 Å². The average molecular weight is 257 g/mol. The Hall–Kier alpha value is -2.33. The number of nitrogens with one attached hydrogen (secondary N) is 1. The summed E-state index contributed by atoms with van der Waals surface area (Å²) in [7, 11) is 0. The van der Waals surface area contributed by atoms with Gasteiger partial charge in [0.25, 0.3) is 5.91 Å². The topological polar surface area (TPSA) is 58.6 Å². The molecule has 0 aliphatic rings. The lowest BCUT2D eigenvalue weighted by Crippen LogP contribution is -2.24. The second-order valence-corrected chi connectivity index (χ2v) is 4.20.